The van der Waals surface area contributed by atoms with Gasteiger partial charge in [0.05, 0.1) is 11.6 Å². The van der Waals surface area contributed by atoms with Crippen molar-refractivity contribution in [2.75, 3.05) is 13.7 Å². The topological polar surface area (TPSA) is 21.3 Å². The summed E-state index contributed by atoms with van der Waals surface area (Å²) in [5.41, 5.74) is 1.32. The summed E-state index contributed by atoms with van der Waals surface area (Å²) in [6.45, 7) is 3.15. The minimum atomic E-state index is 0.471. The van der Waals surface area contributed by atoms with Crippen LogP contribution in [0.4, 0.5) is 0 Å². The highest BCUT2D eigenvalue weighted by Gasteiger charge is 2.11. The van der Waals surface area contributed by atoms with Gasteiger partial charge in [-0.2, -0.15) is 0 Å². The maximum atomic E-state index is 5.28. The van der Waals surface area contributed by atoms with Gasteiger partial charge in [0.2, 0.25) is 0 Å². The molecule has 0 aliphatic carbocycles. The van der Waals surface area contributed by atoms with Crippen LogP contribution >= 0.6 is 27.3 Å². The molecule has 2 rings (SSSR count). The predicted octanol–water partition coefficient (Wildman–Crippen LogP) is 4.28. The van der Waals surface area contributed by atoms with Gasteiger partial charge in [0, 0.05) is 10.9 Å². The Morgan fingerprint density at radius 3 is 2.75 bits per heavy atom. The molecule has 0 saturated heterocycles. The van der Waals surface area contributed by atoms with Crippen molar-refractivity contribution in [3.05, 3.63) is 50.6 Å². The molecule has 1 atom stereocenters. The molecular formula is C16H20BrNOS. The molecule has 1 heterocycles. The van der Waals surface area contributed by atoms with Gasteiger partial charge in [-0.15, -0.1) is 11.3 Å². The molecule has 1 N–H and O–H groups in total. The number of benzene rings is 1. The van der Waals surface area contributed by atoms with Crippen molar-refractivity contribution >= 4 is 27.3 Å². The second kappa shape index (κ2) is 7.81. The van der Waals surface area contributed by atoms with Crippen LogP contribution in [0.2, 0.25) is 0 Å². The van der Waals surface area contributed by atoms with E-state index >= 15 is 0 Å². The van der Waals surface area contributed by atoms with Gasteiger partial charge in [-0.05, 0) is 64.5 Å². The Balaban J connectivity index is 2.05. The average molecular weight is 354 g/mol. The number of ether oxygens (including phenoxy) is 1. The highest BCUT2D eigenvalue weighted by atomic mass is 79.9. The molecule has 0 radical (unpaired) electrons. The van der Waals surface area contributed by atoms with Crippen LogP contribution in [0, 0.1) is 0 Å². The molecule has 4 heteroatoms. The largest absolute Gasteiger partial charge is 0.496 e. The van der Waals surface area contributed by atoms with Crippen LogP contribution < -0.4 is 10.1 Å². The first-order valence-corrected chi connectivity index (χ1v) is 8.48. The standard InChI is InChI=1S/C16H20BrNOS/c1-3-18-13(11-14-5-4-8-20-14)9-12-6-7-16(19-2)15(17)10-12/h4-8,10,13,18H,3,9,11H2,1-2H3. The molecule has 1 aromatic heterocycles. The molecule has 108 valence electrons. The number of likely N-dealkylation sites (N-methyl/N-ethyl adjacent to an activating group) is 1. The highest BCUT2D eigenvalue weighted by Crippen LogP contribution is 2.26. The lowest BCUT2D eigenvalue weighted by atomic mass is 10.0. The molecule has 0 bridgehead atoms. The van der Waals surface area contributed by atoms with Crippen molar-refractivity contribution in [1.82, 2.24) is 5.32 Å². The minimum absolute atomic E-state index is 0.471. The van der Waals surface area contributed by atoms with E-state index in [0.717, 1.165) is 29.6 Å². The predicted molar refractivity (Wildman–Crippen MR) is 89.9 cm³/mol. The Hall–Kier alpha value is -0.840. The third-order valence-electron chi connectivity index (χ3n) is 3.22. The molecule has 2 nitrogen and oxygen atoms in total. The molecular weight excluding hydrogens is 334 g/mol. The molecule has 2 aromatic rings. The van der Waals surface area contributed by atoms with E-state index < -0.39 is 0 Å². The fourth-order valence-corrected chi connectivity index (χ4v) is 3.67. The lowest BCUT2D eigenvalue weighted by Gasteiger charge is -2.18. The Morgan fingerprint density at radius 2 is 2.15 bits per heavy atom. The van der Waals surface area contributed by atoms with Gasteiger partial charge in [0.15, 0.2) is 0 Å². The van der Waals surface area contributed by atoms with Gasteiger partial charge < -0.3 is 10.1 Å². The molecule has 0 saturated carbocycles. The number of hydrogen-bond donors (Lipinski definition) is 1. The SMILES string of the molecule is CCNC(Cc1ccc(OC)c(Br)c1)Cc1cccs1. The van der Waals surface area contributed by atoms with E-state index in [1.165, 1.54) is 10.4 Å². The zero-order valence-corrected chi connectivity index (χ0v) is 14.3. The highest BCUT2D eigenvalue weighted by molar-refractivity contribution is 9.10. The number of rotatable bonds is 7. The van der Waals surface area contributed by atoms with Crippen molar-refractivity contribution in [1.29, 1.82) is 0 Å². The molecule has 0 aliphatic rings. The molecule has 1 aromatic carbocycles. The summed E-state index contributed by atoms with van der Waals surface area (Å²) >= 11 is 5.38. The number of hydrogen-bond acceptors (Lipinski definition) is 3. The van der Waals surface area contributed by atoms with Gasteiger partial charge in [0.1, 0.15) is 5.75 Å². The van der Waals surface area contributed by atoms with E-state index in [4.69, 9.17) is 4.74 Å². The third kappa shape index (κ3) is 4.33. The Morgan fingerprint density at radius 1 is 1.30 bits per heavy atom. The fourth-order valence-electron chi connectivity index (χ4n) is 2.30. The summed E-state index contributed by atoms with van der Waals surface area (Å²) in [4.78, 5) is 1.43. The van der Waals surface area contributed by atoms with E-state index in [9.17, 15) is 0 Å². The van der Waals surface area contributed by atoms with Crippen LogP contribution in [-0.4, -0.2) is 19.7 Å². The van der Waals surface area contributed by atoms with Crippen LogP contribution in [0.3, 0.4) is 0 Å². The van der Waals surface area contributed by atoms with Crippen LogP contribution in [0.25, 0.3) is 0 Å². The minimum Gasteiger partial charge on any atom is -0.496 e. The van der Waals surface area contributed by atoms with E-state index in [2.05, 4.69) is 57.8 Å². The number of methoxy groups -OCH3 is 1. The van der Waals surface area contributed by atoms with E-state index in [1.807, 2.05) is 17.4 Å². The molecule has 0 amide bonds. The van der Waals surface area contributed by atoms with Crippen LogP contribution in [0.15, 0.2) is 40.2 Å². The fraction of sp³-hybridized carbons (Fsp3) is 0.375. The number of thiophene rings is 1. The second-order valence-electron chi connectivity index (χ2n) is 4.71. The lowest BCUT2D eigenvalue weighted by Crippen LogP contribution is -2.32. The third-order valence-corrected chi connectivity index (χ3v) is 4.74. The van der Waals surface area contributed by atoms with Crippen molar-refractivity contribution in [2.45, 2.75) is 25.8 Å². The summed E-state index contributed by atoms with van der Waals surface area (Å²) in [5.74, 6) is 0.881. The Kier molecular flexibility index (Phi) is 6.07. The number of halogens is 1. The van der Waals surface area contributed by atoms with Gasteiger partial charge in [-0.1, -0.05) is 19.1 Å². The maximum absolute atomic E-state index is 5.28. The van der Waals surface area contributed by atoms with Crippen LogP contribution in [0.1, 0.15) is 17.4 Å². The normalized spacial score (nSPS) is 12.3. The van der Waals surface area contributed by atoms with Crippen molar-refractivity contribution in [2.24, 2.45) is 0 Å². The van der Waals surface area contributed by atoms with Crippen LogP contribution in [-0.2, 0) is 12.8 Å². The number of nitrogens with one attached hydrogen (secondary N) is 1. The zero-order valence-electron chi connectivity index (χ0n) is 11.9. The van der Waals surface area contributed by atoms with Crippen molar-refractivity contribution in [3.8, 4) is 5.75 Å². The molecule has 0 spiro atoms. The Labute approximate surface area is 133 Å². The first kappa shape index (κ1) is 15.5. The Bertz CT molecular complexity index is 527. The quantitative estimate of drug-likeness (QED) is 0.801. The molecule has 20 heavy (non-hydrogen) atoms. The smallest absolute Gasteiger partial charge is 0.133 e. The monoisotopic (exact) mass is 353 g/mol. The van der Waals surface area contributed by atoms with Gasteiger partial charge >= 0.3 is 0 Å². The van der Waals surface area contributed by atoms with Gasteiger partial charge in [-0.3, -0.25) is 0 Å². The van der Waals surface area contributed by atoms with Crippen molar-refractivity contribution in [3.63, 3.8) is 0 Å². The lowest BCUT2D eigenvalue weighted by molar-refractivity contribution is 0.412. The summed E-state index contributed by atoms with van der Waals surface area (Å²) in [7, 11) is 1.69. The van der Waals surface area contributed by atoms with Gasteiger partial charge in [0.25, 0.3) is 0 Å². The first-order chi connectivity index (χ1) is 9.72. The molecule has 0 aliphatic heterocycles. The summed E-state index contributed by atoms with van der Waals surface area (Å²) in [5, 5.41) is 5.72. The maximum Gasteiger partial charge on any atom is 0.133 e. The molecule has 0 fully saturated rings. The summed E-state index contributed by atoms with van der Waals surface area (Å²) in [6.07, 6.45) is 2.10. The van der Waals surface area contributed by atoms with Gasteiger partial charge in [-0.25, -0.2) is 0 Å². The average Bonchev–Trinajstić information content (AvgIpc) is 2.92. The van der Waals surface area contributed by atoms with Crippen LogP contribution in [0.5, 0.6) is 5.75 Å². The first-order valence-electron chi connectivity index (χ1n) is 6.81. The molecule has 1 unspecified atom stereocenters. The van der Waals surface area contributed by atoms with E-state index in [-0.39, 0.29) is 0 Å². The van der Waals surface area contributed by atoms with Crippen molar-refractivity contribution < 1.29 is 4.74 Å². The second-order valence-corrected chi connectivity index (χ2v) is 6.60. The van der Waals surface area contributed by atoms with E-state index in [1.54, 1.807) is 7.11 Å². The zero-order chi connectivity index (χ0) is 14.4. The summed E-state index contributed by atoms with van der Waals surface area (Å²) in [6, 6.07) is 11.1. The van der Waals surface area contributed by atoms with E-state index in [0.29, 0.717) is 6.04 Å². The summed E-state index contributed by atoms with van der Waals surface area (Å²) < 4.78 is 6.29.